The second-order valence-electron chi connectivity index (χ2n) is 3.94. The third-order valence-corrected chi connectivity index (χ3v) is 2.31. The van der Waals surface area contributed by atoms with Crippen LogP contribution in [0.25, 0.3) is 0 Å². The van der Waals surface area contributed by atoms with Gasteiger partial charge in [-0.15, -0.1) is 0 Å². The number of rotatable bonds is 6. The summed E-state index contributed by atoms with van der Waals surface area (Å²) >= 11 is 0. The van der Waals surface area contributed by atoms with Gasteiger partial charge in [-0.3, -0.25) is 0 Å². The standard InChI is InChI=1S/C12H18N4O/c1-9-3-4-15-12(11(9)7-13)16-6-5-14-8-10(2)17/h3-4,10,14,17H,5-6,8H2,1-2H3,(H,15,16). The molecule has 0 aromatic carbocycles. The first-order chi connectivity index (χ1) is 8.15. The number of aliphatic hydroxyl groups excluding tert-OH is 1. The molecule has 17 heavy (non-hydrogen) atoms. The van der Waals surface area contributed by atoms with Crippen molar-refractivity contribution in [2.24, 2.45) is 0 Å². The molecule has 1 aromatic heterocycles. The molecule has 3 N–H and O–H groups in total. The first-order valence-electron chi connectivity index (χ1n) is 5.63. The number of aliphatic hydroxyl groups is 1. The summed E-state index contributed by atoms with van der Waals surface area (Å²) in [7, 11) is 0. The Hall–Kier alpha value is -1.64. The van der Waals surface area contributed by atoms with E-state index in [2.05, 4.69) is 21.7 Å². The number of hydrogen-bond acceptors (Lipinski definition) is 5. The fourth-order valence-electron chi connectivity index (χ4n) is 1.41. The van der Waals surface area contributed by atoms with Gasteiger partial charge in [0.2, 0.25) is 0 Å². The first-order valence-corrected chi connectivity index (χ1v) is 5.63. The third kappa shape index (κ3) is 4.39. The smallest absolute Gasteiger partial charge is 0.144 e. The van der Waals surface area contributed by atoms with Crippen LogP contribution in [0, 0.1) is 18.3 Å². The molecule has 5 nitrogen and oxygen atoms in total. The minimum atomic E-state index is -0.346. The Labute approximate surface area is 101 Å². The highest BCUT2D eigenvalue weighted by Gasteiger charge is 2.05. The molecule has 1 heterocycles. The maximum absolute atomic E-state index is 9.05. The van der Waals surface area contributed by atoms with Crippen LogP contribution in [0.15, 0.2) is 12.3 Å². The molecule has 0 aliphatic heterocycles. The number of pyridine rings is 1. The molecule has 0 aliphatic carbocycles. The summed E-state index contributed by atoms with van der Waals surface area (Å²) in [5, 5.41) is 24.2. The van der Waals surface area contributed by atoms with E-state index >= 15 is 0 Å². The van der Waals surface area contributed by atoms with Gasteiger partial charge in [0.15, 0.2) is 0 Å². The summed E-state index contributed by atoms with van der Waals surface area (Å²) < 4.78 is 0. The number of nitrogens with one attached hydrogen (secondary N) is 2. The van der Waals surface area contributed by atoms with Gasteiger partial charge in [-0.2, -0.15) is 5.26 Å². The van der Waals surface area contributed by atoms with E-state index in [0.717, 1.165) is 5.56 Å². The van der Waals surface area contributed by atoms with Gasteiger partial charge in [0.1, 0.15) is 11.9 Å². The summed E-state index contributed by atoms with van der Waals surface area (Å²) in [6, 6.07) is 3.95. The van der Waals surface area contributed by atoms with Crippen LogP contribution in [0.4, 0.5) is 5.82 Å². The molecule has 0 spiro atoms. The summed E-state index contributed by atoms with van der Waals surface area (Å²) in [4.78, 5) is 4.13. The molecule has 5 heteroatoms. The monoisotopic (exact) mass is 234 g/mol. The average molecular weight is 234 g/mol. The maximum atomic E-state index is 9.05. The molecular formula is C12H18N4O. The maximum Gasteiger partial charge on any atom is 0.144 e. The Morgan fingerprint density at radius 1 is 1.53 bits per heavy atom. The van der Waals surface area contributed by atoms with Crippen molar-refractivity contribution in [1.82, 2.24) is 10.3 Å². The SMILES string of the molecule is Cc1ccnc(NCCNCC(C)O)c1C#N. The van der Waals surface area contributed by atoms with Crippen molar-refractivity contribution in [2.45, 2.75) is 20.0 Å². The van der Waals surface area contributed by atoms with E-state index in [1.807, 2.05) is 13.0 Å². The quantitative estimate of drug-likeness (QED) is 0.629. The molecule has 0 saturated carbocycles. The Balaban J connectivity index is 2.42. The van der Waals surface area contributed by atoms with Gasteiger partial charge in [-0.1, -0.05) is 0 Å². The van der Waals surface area contributed by atoms with Crippen LogP contribution in [-0.2, 0) is 0 Å². The first kappa shape index (κ1) is 13.4. The van der Waals surface area contributed by atoms with E-state index in [1.54, 1.807) is 13.1 Å². The predicted molar refractivity (Wildman–Crippen MR) is 66.7 cm³/mol. The van der Waals surface area contributed by atoms with Gasteiger partial charge in [-0.25, -0.2) is 4.98 Å². The van der Waals surface area contributed by atoms with E-state index in [-0.39, 0.29) is 6.10 Å². The molecule has 1 aromatic rings. The lowest BCUT2D eigenvalue weighted by Gasteiger charge is -2.10. The lowest BCUT2D eigenvalue weighted by atomic mass is 10.1. The van der Waals surface area contributed by atoms with Gasteiger partial charge in [-0.05, 0) is 25.5 Å². The average Bonchev–Trinajstić information content (AvgIpc) is 2.28. The van der Waals surface area contributed by atoms with Crippen molar-refractivity contribution < 1.29 is 5.11 Å². The zero-order chi connectivity index (χ0) is 12.7. The second-order valence-corrected chi connectivity index (χ2v) is 3.94. The Morgan fingerprint density at radius 2 is 2.29 bits per heavy atom. The van der Waals surface area contributed by atoms with Gasteiger partial charge >= 0.3 is 0 Å². The van der Waals surface area contributed by atoms with Gasteiger partial charge < -0.3 is 15.7 Å². The van der Waals surface area contributed by atoms with Crippen LogP contribution < -0.4 is 10.6 Å². The van der Waals surface area contributed by atoms with E-state index in [1.165, 1.54) is 0 Å². The van der Waals surface area contributed by atoms with Crippen molar-refractivity contribution in [3.8, 4) is 6.07 Å². The van der Waals surface area contributed by atoms with Crippen LogP contribution in [0.1, 0.15) is 18.1 Å². The number of nitriles is 1. The highest BCUT2D eigenvalue weighted by atomic mass is 16.3. The molecule has 1 unspecified atom stereocenters. The lowest BCUT2D eigenvalue weighted by Crippen LogP contribution is -2.29. The third-order valence-electron chi connectivity index (χ3n) is 2.31. The molecule has 1 atom stereocenters. The Bertz CT molecular complexity index is 398. The fourth-order valence-corrected chi connectivity index (χ4v) is 1.41. The molecule has 92 valence electrons. The number of aromatic nitrogens is 1. The molecule has 0 fully saturated rings. The topological polar surface area (TPSA) is 81.0 Å². The van der Waals surface area contributed by atoms with Gasteiger partial charge in [0.05, 0.1) is 11.7 Å². The normalized spacial score (nSPS) is 11.9. The van der Waals surface area contributed by atoms with E-state index in [0.29, 0.717) is 31.0 Å². The zero-order valence-corrected chi connectivity index (χ0v) is 10.2. The van der Waals surface area contributed by atoms with Crippen LogP contribution in [0.5, 0.6) is 0 Å². The molecule has 0 bridgehead atoms. The Kier molecular flexibility index (Phi) is 5.40. The number of nitrogens with zero attached hydrogens (tertiary/aromatic N) is 2. The van der Waals surface area contributed by atoms with E-state index < -0.39 is 0 Å². The molecule has 0 aliphatic rings. The number of aryl methyl sites for hydroxylation is 1. The molecule has 1 rings (SSSR count). The molecular weight excluding hydrogens is 216 g/mol. The zero-order valence-electron chi connectivity index (χ0n) is 10.2. The molecule has 0 saturated heterocycles. The van der Waals surface area contributed by atoms with Crippen LogP contribution in [0.3, 0.4) is 0 Å². The van der Waals surface area contributed by atoms with Gasteiger partial charge in [0.25, 0.3) is 0 Å². The largest absolute Gasteiger partial charge is 0.392 e. The van der Waals surface area contributed by atoms with E-state index in [4.69, 9.17) is 10.4 Å². The van der Waals surface area contributed by atoms with Crippen molar-refractivity contribution in [3.05, 3.63) is 23.4 Å². The van der Waals surface area contributed by atoms with Crippen LogP contribution >= 0.6 is 0 Å². The van der Waals surface area contributed by atoms with Crippen LogP contribution in [0.2, 0.25) is 0 Å². The highest BCUT2D eigenvalue weighted by Crippen LogP contribution is 2.14. The number of anilines is 1. The van der Waals surface area contributed by atoms with E-state index in [9.17, 15) is 0 Å². The predicted octanol–water partition coefficient (Wildman–Crippen LogP) is 0.644. The van der Waals surface area contributed by atoms with Crippen molar-refractivity contribution in [2.75, 3.05) is 25.0 Å². The second kappa shape index (κ2) is 6.84. The molecule has 0 radical (unpaired) electrons. The summed E-state index contributed by atoms with van der Waals surface area (Å²) in [5.41, 5.74) is 1.50. The van der Waals surface area contributed by atoms with Crippen molar-refractivity contribution in [3.63, 3.8) is 0 Å². The minimum Gasteiger partial charge on any atom is -0.392 e. The number of hydrogen-bond donors (Lipinski definition) is 3. The Morgan fingerprint density at radius 3 is 2.94 bits per heavy atom. The van der Waals surface area contributed by atoms with Crippen molar-refractivity contribution in [1.29, 1.82) is 5.26 Å². The van der Waals surface area contributed by atoms with Gasteiger partial charge in [0, 0.05) is 25.8 Å². The molecule has 0 amide bonds. The minimum absolute atomic E-state index is 0.346. The summed E-state index contributed by atoms with van der Waals surface area (Å²) in [5.74, 6) is 0.617. The summed E-state index contributed by atoms with van der Waals surface area (Å²) in [6.07, 6.45) is 1.34. The lowest BCUT2D eigenvalue weighted by molar-refractivity contribution is 0.192. The fraction of sp³-hybridized carbons (Fsp3) is 0.500. The highest BCUT2D eigenvalue weighted by molar-refractivity contribution is 5.55. The van der Waals surface area contributed by atoms with Crippen LogP contribution in [-0.4, -0.2) is 35.8 Å². The summed E-state index contributed by atoms with van der Waals surface area (Å²) in [6.45, 7) is 5.56. The van der Waals surface area contributed by atoms with Crippen molar-refractivity contribution >= 4 is 5.82 Å².